The highest BCUT2D eigenvalue weighted by Gasteiger charge is 2.21. The fraction of sp³-hybridized carbons (Fsp3) is 0. The van der Waals surface area contributed by atoms with Gasteiger partial charge in [0.15, 0.2) is 0 Å². The summed E-state index contributed by atoms with van der Waals surface area (Å²) in [5, 5.41) is 7.78. The van der Waals surface area contributed by atoms with Crippen LogP contribution in [0.3, 0.4) is 0 Å². The van der Waals surface area contributed by atoms with Crippen LogP contribution in [0.5, 0.6) is 0 Å². The number of para-hydroxylation sites is 1. The molecule has 1 aliphatic rings. The third-order valence-electron chi connectivity index (χ3n) is 8.34. The predicted octanol–water partition coefficient (Wildman–Crippen LogP) is 10.9. The molecule has 2 heterocycles. The average molecular weight is 526 g/mol. The Kier molecular flexibility index (Phi) is 4.61. The summed E-state index contributed by atoms with van der Waals surface area (Å²) in [6, 6.07) is 51.3. The molecule has 40 heavy (non-hydrogen) atoms. The van der Waals surface area contributed by atoms with E-state index in [9.17, 15) is 0 Å². The third-order valence-corrected chi connectivity index (χ3v) is 9.48. The van der Waals surface area contributed by atoms with Crippen molar-refractivity contribution in [1.82, 2.24) is 4.57 Å². The molecule has 2 heteroatoms. The van der Waals surface area contributed by atoms with Crippen LogP contribution in [0, 0.1) is 0 Å². The number of hydrogen-bond acceptors (Lipinski definition) is 1. The summed E-state index contributed by atoms with van der Waals surface area (Å²) < 4.78 is 2.42. The topological polar surface area (TPSA) is 4.93 Å². The minimum absolute atomic E-state index is 1.18. The molecule has 0 unspecified atom stereocenters. The lowest BCUT2D eigenvalue weighted by atomic mass is 9.93. The molecule has 1 aliphatic heterocycles. The van der Waals surface area contributed by atoms with Gasteiger partial charge in [0.1, 0.15) is 0 Å². The minimum atomic E-state index is 1.18. The number of benzene rings is 7. The monoisotopic (exact) mass is 525 g/mol. The van der Waals surface area contributed by atoms with Crippen LogP contribution in [0.4, 0.5) is 0 Å². The minimum Gasteiger partial charge on any atom is -0.309 e. The first kappa shape index (κ1) is 22.1. The van der Waals surface area contributed by atoms with Crippen LogP contribution in [-0.2, 0) is 0 Å². The summed E-state index contributed by atoms with van der Waals surface area (Å²) in [5.41, 5.74) is 8.82. The first-order valence-electron chi connectivity index (χ1n) is 13.7. The fourth-order valence-corrected chi connectivity index (χ4v) is 7.71. The van der Waals surface area contributed by atoms with Gasteiger partial charge >= 0.3 is 0 Å². The van der Waals surface area contributed by atoms with E-state index in [0.29, 0.717) is 0 Å². The van der Waals surface area contributed by atoms with E-state index >= 15 is 0 Å². The molecule has 0 saturated carbocycles. The third kappa shape index (κ3) is 3.11. The van der Waals surface area contributed by atoms with E-state index in [1.165, 1.54) is 81.1 Å². The number of hydrogen-bond donors (Lipinski definition) is 0. The zero-order chi connectivity index (χ0) is 26.2. The second kappa shape index (κ2) is 8.35. The summed E-state index contributed by atoms with van der Waals surface area (Å²) in [6.07, 6.45) is 0. The van der Waals surface area contributed by atoms with E-state index in [4.69, 9.17) is 0 Å². The van der Waals surface area contributed by atoms with Crippen molar-refractivity contribution >= 4 is 55.1 Å². The SMILES string of the molecule is c1ccc(-n2c3cc4ccccc4cc3c3c(-c4ccc5c(c4)-c4cccc6cccc(c46)S5)cccc32)cc1. The van der Waals surface area contributed by atoms with E-state index in [0.717, 1.165) is 0 Å². The standard InChI is InChI=1S/C38H23NS/c1-2-13-28(14-3-1)39-33-17-8-15-29(38(33)32-21-25-9-4-5-10-26(25)23-34(32)39)27-19-20-35-31(22-27)30-16-6-11-24-12-7-18-36(40-35)37(24)30/h1-23H. The zero-order valence-electron chi connectivity index (χ0n) is 21.6. The second-order valence-electron chi connectivity index (χ2n) is 10.6. The Hall–Kier alpha value is -4.79. The lowest BCUT2D eigenvalue weighted by Gasteiger charge is -2.21. The maximum absolute atomic E-state index is 2.42. The van der Waals surface area contributed by atoms with Gasteiger partial charge < -0.3 is 4.57 Å². The van der Waals surface area contributed by atoms with Gasteiger partial charge in [0.2, 0.25) is 0 Å². The van der Waals surface area contributed by atoms with Crippen LogP contribution >= 0.6 is 11.8 Å². The predicted molar refractivity (Wildman–Crippen MR) is 171 cm³/mol. The van der Waals surface area contributed by atoms with Gasteiger partial charge in [-0.15, -0.1) is 0 Å². The van der Waals surface area contributed by atoms with E-state index in [2.05, 4.69) is 144 Å². The molecule has 0 aliphatic carbocycles. The second-order valence-corrected chi connectivity index (χ2v) is 11.6. The normalized spacial score (nSPS) is 12.4. The molecule has 186 valence electrons. The average Bonchev–Trinajstić information content (AvgIpc) is 3.34. The van der Waals surface area contributed by atoms with Crippen molar-refractivity contribution in [2.75, 3.05) is 0 Å². The summed E-state index contributed by atoms with van der Waals surface area (Å²) in [7, 11) is 0. The first-order valence-corrected chi connectivity index (χ1v) is 14.5. The van der Waals surface area contributed by atoms with Crippen molar-refractivity contribution < 1.29 is 0 Å². The van der Waals surface area contributed by atoms with Gasteiger partial charge in [-0.25, -0.2) is 0 Å². The van der Waals surface area contributed by atoms with Crippen LogP contribution < -0.4 is 0 Å². The Balaban J connectivity index is 1.36. The van der Waals surface area contributed by atoms with Crippen molar-refractivity contribution in [1.29, 1.82) is 0 Å². The largest absolute Gasteiger partial charge is 0.309 e. The quantitative estimate of drug-likeness (QED) is 0.217. The smallest absolute Gasteiger partial charge is 0.0547 e. The van der Waals surface area contributed by atoms with Gasteiger partial charge in [0.05, 0.1) is 11.0 Å². The molecular formula is C38H23NS. The molecule has 0 atom stereocenters. The lowest BCUT2D eigenvalue weighted by molar-refractivity contribution is 1.18. The Bertz CT molecular complexity index is 2290. The molecule has 1 aromatic heterocycles. The van der Waals surface area contributed by atoms with Crippen molar-refractivity contribution in [3.05, 3.63) is 140 Å². The Morgan fingerprint density at radius 3 is 2.02 bits per heavy atom. The van der Waals surface area contributed by atoms with Crippen molar-refractivity contribution in [2.24, 2.45) is 0 Å². The molecule has 0 radical (unpaired) electrons. The maximum Gasteiger partial charge on any atom is 0.0547 e. The number of fused-ring (bicyclic) bond motifs is 6. The lowest BCUT2D eigenvalue weighted by Crippen LogP contribution is -1.94. The summed E-state index contributed by atoms with van der Waals surface area (Å²) in [6.45, 7) is 0. The molecule has 0 saturated heterocycles. The van der Waals surface area contributed by atoms with Gasteiger partial charge in [0.25, 0.3) is 0 Å². The first-order chi connectivity index (χ1) is 19.8. The van der Waals surface area contributed by atoms with E-state index in [-0.39, 0.29) is 0 Å². The molecule has 0 amide bonds. The van der Waals surface area contributed by atoms with Gasteiger partial charge in [-0.05, 0) is 86.9 Å². The summed E-state index contributed by atoms with van der Waals surface area (Å²) in [4.78, 5) is 2.66. The van der Waals surface area contributed by atoms with Crippen molar-refractivity contribution in [3.8, 4) is 27.9 Å². The molecule has 0 bridgehead atoms. The molecule has 0 N–H and O–H groups in total. The summed E-state index contributed by atoms with van der Waals surface area (Å²) >= 11 is 1.88. The Morgan fingerprint density at radius 2 is 1.15 bits per heavy atom. The van der Waals surface area contributed by atoms with Crippen molar-refractivity contribution in [2.45, 2.75) is 9.79 Å². The number of aromatic nitrogens is 1. The Morgan fingerprint density at radius 1 is 0.425 bits per heavy atom. The zero-order valence-corrected chi connectivity index (χ0v) is 22.5. The van der Waals surface area contributed by atoms with Crippen LogP contribution in [0.2, 0.25) is 0 Å². The fourth-order valence-electron chi connectivity index (χ4n) is 6.58. The summed E-state index contributed by atoms with van der Waals surface area (Å²) in [5.74, 6) is 0. The molecule has 0 fully saturated rings. The van der Waals surface area contributed by atoms with Gasteiger partial charge in [-0.3, -0.25) is 0 Å². The van der Waals surface area contributed by atoms with Gasteiger partial charge in [-0.1, -0.05) is 103 Å². The molecule has 9 rings (SSSR count). The van der Waals surface area contributed by atoms with Gasteiger partial charge in [0, 0.05) is 31.6 Å². The Labute approximate surface area is 236 Å². The highest BCUT2D eigenvalue weighted by molar-refractivity contribution is 7.99. The van der Waals surface area contributed by atoms with Crippen molar-refractivity contribution in [3.63, 3.8) is 0 Å². The molecular weight excluding hydrogens is 502 g/mol. The van der Waals surface area contributed by atoms with Crippen LogP contribution in [0.1, 0.15) is 0 Å². The molecule has 8 aromatic rings. The van der Waals surface area contributed by atoms with Crippen LogP contribution in [0.25, 0.3) is 71.3 Å². The van der Waals surface area contributed by atoms with Crippen LogP contribution in [-0.4, -0.2) is 4.57 Å². The van der Waals surface area contributed by atoms with E-state index < -0.39 is 0 Å². The number of rotatable bonds is 2. The molecule has 7 aromatic carbocycles. The van der Waals surface area contributed by atoms with E-state index in [1.807, 2.05) is 11.8 Å². The highest BCUT2D eigenvalue weighted by Crippen LogP contribution is 2.49. The van der Waals surface area contributed by atoms with E-state index in [1.54, 1.807) is 0 Å². The number of nitrogens with zero attached hydrogens (tertiary/aromatic N) is 1. The maximum atomic E-state index is 2.42. The molecule has 0 spiro atoms. The van der Waals surface area contributed by atoms with Crippen LogP contribution in [0.15, 0.2) is 149 Å². The highest BCUT2D eigenvalue weighted by atomic mass is 32.2. The van der Waals surface area contributed by atoms with Gasteiger partial charge in [-0.2, -0.15) is 0 Å². The molecule has 1 nitrogen and oxygen atoms in total.